The van der Waals surface area contributed by atoms with Crippen LogP contribution in [-0.4, -0.2) is 83.5 Å². The van der Waals surface area contributed by atoms with E-state index in [0.717, 1.165) is 33.6 Å². The number of methoxy groups -OCH3 is 5. The largest absolute Gasteiger partial charge is 0.497 e. The maximum atomic E-state index is 14.4. The van der Waals surface area contributed by atoms with Gasteiger partial charge >= 0.3 is 0 Å². The van der Waals surface area contributed by atoms with Gasteiger partial charge < -0.3 is 43.0 Å². The highest BCUT2D eigenvalue weighted by atomic mass is 35.5. The smallest absolute Gasteiger partial charge is 0.254 e. The van der Waals surface area contributed by atoms with Crippen molar-refractivity contribution in [3.05, 3.63) is 176 Å². The van der Waals surface area contributed by atoms with Crippen LogP contribution in [0.4, 0.5) is 0 Å². The fourth-order valence-corrected chi connectivity index (χ4v) is 9.18. The monoisotopic (exact) mass is 928 g/mol. The number of hydrogen-bond acceptors (Lipinski definition) is 9. The molecule has 11 nitrogen and oxygen atoms in total. The summed E-state index contributed by atoms with van der Waals surface area (Å²) >= 11 is 12.6. The van der Waals surface area contributed by atoms with Gasteiger partial charge in [0, 0.05) is 40.2 Å². The van der Waals surface area contributed by atoms with Crippen LogP contribution in [0.5, 0.6) is 40.2 Å². The minimum atomic E-state index is -0.479. The van der Waals surface area contributed by atoms with Gasteiger partial charge in [-0.2, -0.15) is 0 Å². The molecule has 0 spiro atoms. The van der Waals surface area contributed by atoms with E-state index in [9.17, 15) is 9.59 Å². The lowest BCUT2D eigenvalue weighted by Crippen LogP contribution is -2.42. The van der Waals surface area contributed by atoms with Crippen molar-refractivity contribution in [2.24, 2.45) is 0 Å². The highest BCUT2D eigenvalue weighted by Gasteiger charge is 2.37. The highest BCUT2D eigenvalue weighted by Crippen LogP contribution is 2.44. The van der Waals surface area contributed by atoms with Crippen molar-refractivity contribution in [3.63, 3.8) is 0 Å². The van der Waals surface area contributed by atoms with E-state index < -0.39 is 12.1 Å². The number of ether oxygens (including phenoxy) is 7. The van der Waals surface area contributed by atoms with Crippen LogP contribution < -0.4 is 33.2 Å². The second kappa shape index (κ2) is 20.6. The number of benzene rings is 6. The number of carbonyl (C=O) groups excluding carboxylic acids is 2. The minimum absolute atomic E-state index is 0.110. The van der Waals surface area contributed by atoms with Crippen LogP contribution >= 0.6 is 23.2 Å². The molecule has 0 bridgehead atoms. The van der Waals surface area contributed by atoms with Crippen LogP contribution in [0.3, 0.4) is 0 Å². The van der Waals surface area contributed by atoms with Crippen molar-refractivity contribution in [2.75, 3.05) is 61.9 Å². The topological polar surface area (TPSA) is 105 Å². The van der Waals surface area contributed by atoms with Crippen LogP contribution in [0.2, 0.25) is 10.0 Å². The summed E-state index contributed by atoms with van der Waals surface area (Å²) < 4.78 is 41.2. The van der Waals surface area contributed by atoms with Gasteiger partial charge in [0.1, 0.15) is 23.9 Å². The summed E-state index contributed by atoms with van der Waals surface area (Å²) in [4.78, 5) is 32.2. The van der Waals surface area contributed by atoms with Gasteiger partial charge in [-0.25, -0.2) is 0 Å². The first-order valence-corrected chi connectivity index (χ1v) is 22.2. The molecule has 66 heavy (non-hydrogen) atoms. The Bertz CT molecular complexity index is 2690. The molecule has 13 heteroatoms. The molecule has 2 heterocycles. The van der Waals surface area contributed by atoms with Crippen molar-refractivity contribution >= 4 is 41.1 Å². The molecule has 0 N–H and O–H groups in total. The summed E-state index contributed by atoms with van der Waals surface area (Å²) in [6.07, 6.45) is 4.66. The molecule has 0 saturated heterocycles. The van der Waals surface area contributed by atoms with Gasteiger partial charge in [-0.3, -0.25) is 9.59 Å². The van der Waals surface area contributed by atoms with E-state index in [0.29, 0.717) is 75.2 Å². The van der Waals surface area contributed by atoms with Gasteiger partial charge in [0.05, 0.1) is 54.2 Å². The number of fused-ring (bicyclic) bond motifs is 2. The Hall–Kier alpha value is -6.82. The van der Waals surface area contributed by atoms with E-state index >= 15 is 0 Å². The number of amides is 2. The molecular formula is C53H50Cl2N2O9. The van der Waals surface area contributed by atoms with Crippen molar-refractivity contribution in [2.45, 2.75) is 24.4 Å². The Labute approximate surface area is 394 Å². The van der Waals surface area contributed by atoms with E-state index in [1.54, 1.807) is 58.6 Å². The van der Waals surface area contributed by atoms with E-state index in [4.69, 9.17) is 56.4 Å². The molecule has 0 saturated carbocycles. The van der Waals surface area contributed by atoms with Gasteiger partial charge in [-0.05, 0) is 125 Å². The minimum Gasteiger partial charge on any atom is -0.497 e. The summed E-state index contributed by atoms with van der Waals surface area (Å²) in [6.45, 7) is 1.20. The van der Waals surface area contributed by atoms with Crippen LogP contribution in [-0.2, 0) is 6.42 Å². The van der Waals surface area contributed by atoms with Gasteiger partial charge in [0.15, 0.2) is 23.0 Å². The Morgan fingerprint density at radius 3 is 1.73 bits per heavy atom. The molecule has 8 rings (SSSR count). The SMILES string of the molecule is COc1ccc(C=CC2c3cc(OC)c(OC)cc3C(COc3ccc(OCC4c5cc(OC)c(OC)cc5CCN4C(=O)c4cc(Cl)cc(Cl)c4)cc3)CN2C(=O)c2ccccc2)cc1. The fourth-order valence-electron chi connectivity index (χ4n) is 8.66. The summed E-state index contributed by atoms with van der Waals surface area (Å²) in [5.74, 6) is 3.68. The quantitative estimate of drug-likeness (QED) is 0.0995. The average molecular weight is 930 g/mol. The highest BCUT2D eigenvalue weighted by molar-refractivity contribution is 6.35. The van der Waals surface area contributed by atoms with Gasteiger partial charge in [-0.15, -0.1) is 0 Å². The molecule has 3 unspecified atom stereocenters. The average Bonchev–Trinajstić information content (AvgIpc) is 3.35. The molecule has 3 atom stereocenters. The standard InChI is InChI=1S/C53H50Cl2N2O9/c1-60-40-14-11-33(12-15-40)13-20-46-45-29-51(64-5)49(62-3)27-43(45)37(30-57(46)52(58)34-9-7-6-8-10-34)31-65-41-16-18-42(19-17-41)66-32-47-44-28-50(63-4)48(61-2)25-35(44)21-22-56(47)53(59)36-23-38(54)26-39(55)24-36/h6-20,23-29,37,46-47H,21-22,30-32H2,1-5H3. The Balaban J connectivity index is 1.05. The molecule has 2 aliphatic heterocycles. The van der Waals surface area contributed by atoms with E-state index in [1.807, 2.05) is 120 Å². The van der Waals surface area contributed by atoms with E-state index in [1.165, 1.54) is 0 Å². The normalized spacial score (nSPS) is 16.5. The van der Waals surface area contributed by atoms with Crippen LogP contribution in [0.1, 0.15) is 66.5 Å². The maximum absolute atomic E-state index is 14.4. The van der Waals surface area contributed by atoms with Crippen LogP contribution in [0.25, 0.3) is 6.08 Å². The fraction of sp³-hybridized carbons (Fsp3) is 0.245. The zero-order valence-corrected chi connectivity index (χ0v) is 38.8. The van der Waals surface area contributed by atoms with Crippen LogP contribution in [0, 0.1) is 0 Å². The van der Waals surface area contributed by atoms with Gasteiger partial charge in [0.25, 0.3) is 11.8 Å². The molecule has 0 aromatic heterocycles. The number of hydrogen-bond donors (Lipinski definition) is 0. The first-order chi connectivity index (χ1) is 32.1. The number of nitrogens with zero attached hydrogens (tertiary/aromatic N) is 2. The van der Waals surface area contributed by atoms with E-state index in [2.05, 4.69) is 0 Å². The number of rotatable bonds is 15. The summed E-state index contributed by atoms with van der Waals surface area (Å²) in [7, 11) is 8.03. The Morgan fingerprint density at radius 1 is 0.576 bits per heavy atom. The molecule has 2 amide bonds. The Kier molecular flexibility index (Phi) is 14.3. The zero-order chi connectivity index (χ0) is 46.3. The molecule has 0 fully saturated rings. The van der Waals surface area contributed by atoms with Crippen LogP contribution in [0.15, 0.2) is 127 Å². The van der Waals surface area contributed by atoms with Crippen molar-refractivity contribution in [1.82, 2.24) is 9.80 Å². The molecule has 6 aromatic carbocycles. The second-order valence-corrected chi connectivity index (χ2v) is 16.7. The number of carbonyl (C=O) groups is 2. The molecular weight excluding hydrogens is 879 g/mol. The maximum Gasteiger partial charge on any atom is 0.254 e. The van der Waals surface area contributed by atoms with Crippen molar-refractivity contribution < 1.29 is 42.7 Å². The van der Waals surface area contributed by atoms with E-state index in [-0.39, 0.29) is 30.9 Å². The predicted molar refractivity (Wildman–Crippen MR) is 255 cm³/mol. The summed E-state index contributed by atoms with van der Waals surface area (Å²) in [6, 6.07) is 36.2. The lowest BCUT2D eigenvalue weighted by molar-refractivity contribution is 0.0589. The van der Waals surface area contributed by atoms with Gasteiger partial charge in [-0.1, -0.05) is 65.7 Å². The molecule has 0 aliphatic carbocycles. The zero-order valence-electron chi connectivity index (χ0n) is 37.3. The Morgan fingerprint density at radius 2 is 1.12 bits per heavy atom. The third-order valence-electron chi connectivity index (χ3n) is 12.0. The predicted octanol–water partition coefficient (Wildman–Crippen LogP) is 10.9. The number of halogens is 2. The first-order valence-electron chi connectivity index (χ1n) is 21.4. The van der Waals surface area contributed by atoms with Crippen molar-refractivity contribution in [1.29, 1.82) is 0 Å². The lowest BCUT2D eigenvalue weighted by atomic mass is 9.84. The third-order valence-corrected chi connectivity index (χ3v) is 12.5. The molecule has 340 valence electrons. The summed E-state index contributed by atoms with van der Waals surface area (Å²) in [5, 5.41) is 0.745. The third kappa shape index (κ3) is 9.88. The molecule has 0 radical (unpaired) electrons. The van der Waals surface area contributed by atoms with Gasteiger partial charge in [0.2, 0.25) is 0 Å². The first kappa shape index (κ1) is 45.7. The second-order valence-electron chi connectivity index (χ2n) is 15.9. The molecule has 6 aromatic rings. The lowest BCUT2D eigenvalue weighted by Gasteiger charge is -2.40. The molecule has 2 aliphatic rings. The summed E-state index contributed by atoms with van der Waals surface area (Å²) in [5.41, 5.74) is 5.72. The van der Waals surface area contributed by atoms with Crippen molar-refractivity contribution in [3.8, 4) is 40.2 Å².